The van der Waals surface area contributed by atoms with E-state index in [9.17, 15) is 9.59 Å². The molecule has 9 heteroatoms. The van der Waals surface area contributed by atoms with Crippen molar-refractivity contribution in [3.8, 4) is 11.5 Å². The van der Waals surface area contributed by atoms with E-state index >= 15 is 0 Å². The summed E-state index contributed by atoms with van der Waals surface area (Å²) in [4.78, 5) is 23.7. The summed E-state index contributed by atoms with van der Waals surface area (Å²) in [5, 5.41) is 7.09. The molecule has 0 bridgehead atoms. The monoisotopic (exact) mass is 409 g/mol. The topological polar surface area (TPSA) is 89.0 Å². The lowest BCUT2D eigenvalue weighted by Gasteiger charge is -2.07. The van der Waals surface area contributed by atoms with Crippen LogP contribution in [0.5, 0.6) is 11.5 Å². The molecule has 0 aromatic heterocycles. The molecule has 2 amide bonds. The Morgan fingerprint density at radius 3 is 2.52 bits per heavy atom. The minimum absolute atomic E-state index is 0.0790. The minimum atomic E-state index is -0.918. The Labute approximate surface area is 166 Å². The molecule has 0 aliphatic carbocycles. The van der Waals surface area contributed by atoms with Crippen LogP contribution < -0.4 is 20.2 Å². The molecule has 0 saturated carbocycles. The molecule has 27 heavy (non-hydrogen) atoms. The molecule has 0 saturated heterocycles. The molecule has 0 fully saturated rings. The maximum Gasteiger partial charge on any atom is 0.329 e. The van der Waals surface area contributed by atoms with Crippen molar-refractivity contribution in [3.63, 3.8) is 0 Å². The molecule has 0 radical (unpaired) electrons. The Hall–Kier alpha value is -2.77. The van der Waals surface area contributed by atoms with Crippen molar-refractivity contribution in [2.45, 2.75) is 6.54 Å². The first-order chi connectivity index (χ1) is 12.9. The third-order valence-corrected chi connectivity index (χ3v) is 4.05. The molecular weight excluding hydrogens is 393 g/mol. The number of ether oxygens (including phenoxy) is 2. The normalized spacial score (nSPS) is 10.5. The van der Waals surface area contributed by atoms with Gasteiger partial charge in [-0.15, -0.1) is 0 Å². The zero-order chi connectivity index (χ0) is 19.8. The SMILES string of the molecule is COc1ccc(OC)c(/C=N\NC(=O)C(=O)NCc2ccc(Cl)cc2Cl)c1. The highest BCUT2D eigenvalue weighted by molar-refractivity contribution is 6.36. The van der Waals surface area contributed by atoms with E-state index < -0.39 is 11.8 Å². The van der Waals surface area contributed by atoms with Crippen LogP contribution in [0.3, 0.4) is 0 Å². The molecular formula is C18H17Cl2N3O4. The number of nitrogens with zero attached hydrogens (tertiary/aromatic N) is 1. The summed E-state index contributed by atoms with van der Waals surface area (Å²) in [6, 6.07) is 9.96. The zero-order valence-electron chi connectivity index (χ0n) is 14.6. The number of nitrogens with one attached hydrogen (secondary N) is 2. The first-order valence-electron chi connectivity index (χ1n) is 7.71. The zero-order valence-corrected chi connectivity index (χ0v) is 16.1. The van der Waals surface area contributed by atoms with Gasteiger partial charge in [0.15, 0.2) is 0 Å². The van der Waals surface area contributed by atoms with Gasteiger partial charge in [-0.25, -0.2) is 5.43 Å². The third kappa shape index (κ3) is 5.87. The van der Waals surface area contributed by atoms with Gasteiger partial charge >= 0.3 is 11.8 Å². The van der Waals surface area contributed by atoms with Crippen LogP contribution in [-0.4, -0.2) is 32.2 Å². The molecule has 0 aliphatic heterocycles. The molecule has 0 aliphatic rings. The average molecular weight is 410 g/mol. The Kier molecular flexibility index (Phi) is 7.45. The molecule has 2 aromatic rings. The van der Waals surface area contributed by atoms with Crippen molar-refractivity contribution in [2.24, 2.45) is 5.10 Å². The number of hydrazone groups is 1. The molecule has 0 spiro atoms. The van der Waals surface area contributed by atoms with Gasteiger partial charge in [0.05, 0.1) is 20.4 Å². The second kappa shape index (κ2) is 9.80. The molecule has 2 aromatic carbocycles. The van der Waals surface area contributed by atoms with E-state index in [1.165, 1.54) is 20.4 Å². The summed E-state index contributed by atoms with van der Waals surface area (Å²) in [5.41, 5.74) is 3.35. The number of benzene rings is 2. The lowest BCUT2D eigenvalue weighted by molar-refractivity contribution is -0.139. The van der Waals surface area contributed by atoms with Gasteiger partial charge in [0, 0.05) is 22.2 Å². The van der Waals surface area contributed by atoms with E-state index in [0.717, 1.165) is 0 Å². The van der Waals surface area contributed by atoms with Gasteiger partial charge in [-0.2, -0.15) is 5.10 Å². The van der Waals surface area contributed by atoms with E-state index in [1.807, 2.05) is 0 Å². The minimum Gasteiger partial charge on any atom is -0.497 e. The fraction of sp³-hybridized carbons (Fsp3) is 0.167. The highest BCUT2D eigenvalue weighted by Gasteiger charge is 2.13. The summed E-state index contributed by atoms with van der Waals surface area (Å²) >= 11 is 11.8. The number of hydrogen-bond acceptors (Lipinski definition) is 5. The highest BCUT2D eigenvalue weighted by atomic mass is 35.5. The Morgan fingerprint density at radius 2 is 1.85 bits per heavy atom. The molecule has 7 nitrogen and oxygen atoms in total. The highest BCUT2D eigenvalue weighted by Crippen LogP contribution is 2.22. The molecule has 0 unspecified atom stereocenters. The third-order valence-electron chi connectivity index (χ3n) is 3.47. The van der Waals surface area contributed by atoms with Crippen LogP contribution in [0.4, 0.5) is 0 Å². The lowest BCUT2D eigenvalue weighted by atomic mass is 10.2. The predicted molar refractivity (Wildman–Crippen MR) is 104 cm³/mol. The Morgan fingerprint density at radius 1 is 1.07 bits per heavy atom. The Bertz CT molecular complexity index is 872. The number of hydrogen-bond donors (Lipinski definition) is 2. The maximum atomic E-state index is 11.8. The molecule has 2 N–H and O–H groups in total. The van der Waals surface area contributed by atoms with Gasteiger partial charge in [-0.05, 0) is 35.9 Å². The maximum absolute atomic E-state index is 11.8. The summed E-state index contributed by atoms with van der Waals surface area (Å²) < 4.78 is 10.3. The Balaban J connectivity index is 1.93. The van der Waals surface area contributed by atoms with Gasteiger partial charge in [-0.3, -0.25) is 9.59 Å². The number of halogens is 2. The van der Waals surface area contributed by atoms with Crippen LogP contribution in [-0.2, 0) is 16.1 Å². The van der Waals surface area contributed by atoms with Crippen LogP contribution >= 0.6 is 23.2 Å². The number of methoxy groups -OCH3 is 2. The standard InChI is InChI=1S/C18H17Cl2N3O4/c1-26-14-5-6-16(27-2)12(7-14)10-22-23-18(25)17(24)21-9-11-3-4-13(19)8-15(11)20/h3-8,10H,9H2,1-2H3,(H,21,24)(H,23,25)/b22-10-. The van der Waals surface area contributed by atoms with Crippen molar-refractivity contribution in [1.82, 2.24) is 10.7 Å². The van der Waals surface area contributed by atoms with Gasteiger partial charge in [0.25, 0.3) is 0 Å². The molecule has 0 atom stereocenters. The summed E-state index contributed by atoms with van der Waals surface area (Å²) in [7, 11) is 3.04. The average Bonchev–Trinajstić information content (AvgIpc) is 2.66. The first kappa shape index (κ1) is 20.5. The quantitative estimate of drug-likeness (QED) is 0.436. The molecule has 2 rings (SSSR count). The number of carbonyl (C=O) groups is 2. The van der Waals surface area contributed by atoms with E-state index in [0.29, 0.717) is 32.7 Å². The van der Waals surface area contributed by atoms with Crippen LogP contribution in [0.1, 0.15) is 11.1 Å². The smallest absolute Gasteiger partial charge is 0.329 e. The summed E-state index contributed by atoms with van der Waals surface area (Å²) in [6.07, 6.45) is 1.35. The summed E-state index contributed by atoms with van der Waals surface area (Å²) in [6.45, 7) is 0.0790. The number of carbonyl (C=O) groups excluding carboxylic acids is 2. The van der Waals surface area contributed by atoms with E-state index in [-0.39, 0.29) is 6.54 Å². The van der Waals surface area contributed by atoms with Crippen molar-refractivity contribution in [1.29, 1.82) is 0 Å². The van der Waals surface area contributed by atoms with Crippen molar-refractivity contribution in [3.05, 3.63) is 57.6 Å². The van der Waals surface area contributed by atoms with Gasteiger partial charge in [0.1, 0.15) is 11.5 Å². The van der Waals surface area contributed by atoms with Crippen LogP contribution in [0.2, 0.25) is 10.0 Å². The largest absolute Gasteiger partial charge is 0.497 e. The fourth-order valence-corrected chi connectivity index (χ4v) is 2.55. The van der Waals surface area contributed by atoms with Crippen molar-refractivity contribution >= 4 is 41.2 Å². The molecule has 0 heterocycles. The number of rotatable bonds is 6. The lowest BCUT2D eigenvalue weighted by Crippen LogP contribution is -2.37. The van der Waals surface area contributed by atoms with E-state index in [2.05, 4.69) is 15.8 Å². The first-order valence-corrected chi connectivity index (χ1v) is 8.47. The molecule has 142 valence electrons. The van der Waals surface area contributed by atoms with Crippen LogP contribution in [0.15, 0.2) is 41.5 Å². The second-order valence-electron chi connectivity index (χ2n) is 5.23. The second-order valence-corrected chi connectivity index (χ2v) is 6.07. The van der Waals surface area contributed by atoms with Gasteiger partial charge in [-0.1, -0.05) is 29.3 Å². The van der Waals surface area contributed by atoms with Crippen molar-refractivity contribution < 1.29 is 19.1 Å². The van der Waals surface area contributed by atoms with Crippen LogP contribution in [0, 0.1) is 0 Å². The van der Waals surface area contributed by atoms with Gasteiger partial charge < -0.3 is 14.8 Å². The van der Waals surface area contributed by atoms with Gasteiger partial charge in [0.2, 0.25) is 0 Å². The van der Waals surface area contributed by atoms with Crippen LogP contribution in [0.25, 0.3) is 0 Å². The fourth-order valence-electron chi connectivity index (χ4n) is 2.07. The summed E-state index contributed by atoms with van der Waals surface area (Å²) in [5.74, 6) is -0.634. The predicted octanol–water partition coefficient (Wildman–Crippen LogP) is 2.78. The van der Waals surface area contributed by atoms with E-state index in [4.69, 9.17) is 32.7 Å². The van der Waals surface area contributed by atoms with Crippen molar-refractivity contribution in [2.75, 3.05) is 14.2 Å². The number of amides is 2. The van der Waals surface area contributed by atoms with E-state index in [1.54, 1.807) is 36.4 Å².